The number of amides is 2. The molecule has 0 saturated carbocycles. The van der Waals surface area contributed by atoms with Crippen molar-refractivity contribution in [2.45, 2.75) is 51.6 Å². The molecule has 0 unspecified atom stereocenters. The average Bonchev–Trinajstić information content (AvgIpc) is 2.65. The minimum atomic E-state index is -1.32. The molecule has 2 amide bonds. The Morgan fingerprint density at radius 3 is 2.75 bits per heavy atom. The molecular weight excluding hydrogens is 380 g/mol. The van der Waals surface area contributed by atoms with Crippen LogP contribution in [0.4, 0.5) is 11.4 Å². The number of benzene rings is 1. The summed E-state index contributed by atoms with van der Waals surface area (Å²) >= 11 is 5.26. The molecule has 2 atom stereocenters. The highest BCUT2D eigenvalue weighted by atomic mass is 32.1. The number of nitro benzene ring substituents is 1. The quantitative estimate of drug-likeness (QED) is 0.352. The van der Waals surface area contributed by atoms with Gasteiger partial charge in [-0.05, 0) is 57.0 Å². The minimum Gasteiger partial charge on any atom is -0.367 e. The van der Waals surface area contributed by atoms with Gasteiger partial charge in [-0.2, -0.15) is 0 Å². The molecule has 0 aromatic heterocycles. The van der Waals surface area contributed by atoms with Gasteiger partial charge in [-0.3, -0.25) is 24.6 Å². The van der Waals surface area contributed by atoms with E-state index in [1.54, 1.807) is 6.07 Å². The summed E-state index contributed by atoms with van der Waals surface area (Å²) in [6.45, 7) is 4.43. The molecule has 1 spiro atoms. The summed E-state index contributed by atoms with van der Waals surface area (Å²) in [4.78, 5) is 41.3. The Balaban J connectivity index is 1.89. The van der Waals surface area contributed by atoms with Crippen molar-refractivity contribution in [3.05, 3.63) is 33.9 Å². The fourth-order valence-corrected chi connectivity index (χ4v) is 5.24. The van der Waals surface area contributed by atoms with Gasteiger partial charge in [0.05, 0.1) is 11.0 Å². The Morgan fingerprint density at radius 2 is 2.07 bits per heavy atom. The van der Waals surface area contributed by atoms with Gasteiger partial charge in [0.1, 0.15) is 0 Å². The fourth-order valence-electron chi connectivity index (χ4n) is 4.85. The van der Waals surface area contributed by atoms with Gasteiger partial charge in [0.2, 0.25) is 11.8 Å². The van der Waals surface area contributed by atoms with Crippen LogP contribution in [0.3, 0.4) is 0 Å². The summed E-state index contributed by atoms with van der Waals surface area (Å²) in [6.07, 6.45) is 2.74. The van der Waals surface area contributed by atoms with Crippen molar-refractivity contribution in [1.29, 1.82) is 0 Å². The van der Waals surface area contributed by atoms with Crippen LogP contribution < -0.4 is 10.2 Å². The van der Waals surface area contributed by atoms with Gasteiger partial charge in [0, 0.05) is 36.8 Å². The summed E-state index contributed by atoms with van der Waals surface area (Å²) in [7, 11) is 0. The van der Waals surface area contributed by atoms with Crippen molar-refractivity contribution in [2.24, 2.45) is 5.41 Å². The lowest BCUT2D eigenvalue weighted by Crippen LogP contribution is -2.73. The third-order valence-corrected chi connectivity index (χ3v) is 6.38. The minimum absolute atomic E-state index is 0.0377. The zero-order valence-corrected chi connectivity index (χ0v) is 16.6. The number of rotatable bonds is 2. The molecule has 4 rings (SSSR count). The van der Waals surface area contributed by atoms with Gasteiger partial charge in [0.15, 0.2) is 10.5 Å². The number of carbonyl (C=O) groups is 2. The van der Waals surface area contributed by atoms with E-state index in [2.05, 4.69) is 10.2 Å². The summed E-state index contributed by atoms with van der Waals surface area (Å²) in [5.74, 6) is -0.696. The number of thiocarbonyl (C=S) groups is 1. The van der Waals surface area contributed by atoms with Gasteiger partial charge in [0.25, 0.3) is 5.69 Å². The number of hydrogen-bond acceptors (Lipinski definition) is 6. The Morgan fingerprint density at radius 1 is 1.32 bits per heavy atom. The van der Waals surface area contributed by atoms with E-state index in [0.29, 0.717) is 18.5 Å². The van der Waals surface area contributed by atoms with Crippen LogP contribution in [0.15, 0.2) is 18.2 Å². The second-order valence-corrected chi connectivity index (χ2v) is 8.34. The van der Waals surface area contributed by atoms with Crippen molar-refractivity contribution in [3.63, 3.8) is 0 Å². The lowest BCUT2D eigenvalue weighted by molar-refractivity contribution is -0.384. The van der Waals surface area contributed by atoms with Crippen LogP contribution >= 0.6 is 12.2 Å². The summed E-state index contributed by atoms with van der Waals surface area (Å²) in [5.41, 5.74) is 0.178. The van der Waals surface area contributed by atoms with E-state index in [1.807, 2.05) is 13.8 Å². The Kier molecular flexibility index (Phi) is 4.37. The molecule has 8 nitrogen and oxygen atoms in total. The molecule has 1 aromatic carbocycles. The Labute approximate surface area is 168 Å². The fraction of sp³-hybridized carbons (Fsp3) is 0.526. The normalized spacial score (nSPS) is 27.0. The van der Waals surface area contributed by atoms with Gasteiger partial charge in [-0.25, -0.2) is 0 Å². The maximum atomic E-state index is 13.7. The molecule has 148 valence electrons. The molecule has 3 aliphatic heterocycles. The number of piperidine rings is 1. The average molecular weight is 402 g/mol. The smallest absolute Gasteiger partial charge is 0.269 e. The van der Waals surface area contributed by atoms with E-state index in [0.717, 1.165) is 18.5 Å². The molecule has 2 fully saturated rings. The third kappa shape index (κ3) is 2.52. The molecule has 3 aliphatic rings. The van der Waals surface area contributed by atoms with E-state index in [9.17, 15) is 19.7 Å². The highest BCUT2D eigenvalue weighted by Crippen LogP contribution is 2.48. The number of carbonyl (C=O) groups excluding carboxylic acids is 2. The van der Waals surface area contributed by atoms with Crippen LogP contribution in [0.25, 0.3) is 0 Å². The number of hydrogen-bond donors (Lipinski definition) is 1. The molecule has 0 bridgehead atoms. The topological polar surface area (TPSA) is 95.8 Å². The van der Waals surface area contributed by atoms with Crippen LogP contribution in [0.2, 0.25) is 0 Å². The van der Waals surface area contributed by atoms with Gasteiger partial charge < -0.3 is 10.2 Å². The first-order valence-corrected chi connectivity index (χ1v) is 9.91. The highest BCUT2D eigenvalue weighted by Gasteiger charge is 2.61. The first kappa shape index (κ1) is 18.8. The lowest BCUT2D eigenvalue weighted by Gasteiger charge is -2.54. The van der Waals surface area contributed by atoms with Gasteiger partial charge >= 0.3 is 0 Å². The van der Waals surface area contributed by atoms with Crippen molar-refractivity contribution < 1.29 is 14.5 Å². The molecule has 1 N–H and O–H groups in total. The van der Waals surface area contributed by atoms with Crippen LogP contribution in [-0.4, -0.2) is 45.4 Å². The molecule has 9 heteroatoms. The van der Waals surface area contributed by atoms with E-state index in [-0.39, 0.29) is 35.2 Å². The highest BCUT2D eigenvalue weighted by molar-refractivity contribution is 7.80. The van der Waals surface area contributed by atoms with Crippen molar-refractivity contribution in [2.75, 3.05) is 11.4 Å². The zero-order valence-electron chi connectivity index (χ0n) is 15.8. The number of non-ortho nitro benzene ring substituents is 1. The monoisotopic (exact) mass is 402 g/mol. The van der Waals surface area contributed by atoms with E-state index in [1.165, 1.54) is 17.0 Å². The predicted octanol–water partition coefficient (Wildman–Crippen LogP) is 2.15. The maximum absolute atomic E-state index is 13.7. The van der Waals surface area contributed by atoms with E-state index >= 15 is 0 Å². The van der Waals surface area contributed by atoms with Crippen LogP contribution in [0, 0.1) is 15.5 Å². The second-order valence-electron chi connectivity index (χ2n) is 7.95. The third-order valence-electron chi connectivity index (χ3n) is 6.09. The van der Waals surface area contributed by atoms with Gasteiger partial charge in [-0.1, -0.05) is 0 Å². The van der Waals surface area contributed by atoms with Crippen LogP contribution in [0.1, 0.15) is 38.7 Å². The Hall–Kier alpha value is -2.55. The number of nitro groups is 1. The summed E-state index contributed by atoms with van der Waals surface area (Å²) in [5, 5.41) is 14.1. The predicted molar refractivity (Wildman–Crippen MR) is 107 cm³/mol. The summed E-state index contributed by atoms with van der Waals surface area (Å²) in [6, 6.07) is 4.25. The standard InChI is InChI=1S/C19H22N4O4S/c1-11(2)22-17(25)19(16(24)20-18(22)28)10-12-9-13(23(26)27)6-7-14(12)21-8-4-3-5-15(19)21/h6-7,9,11,15H,3-5,8,10H2,1-2H3,(H,20,24,28)/t15-,19-/m1/s1. The van der Waals surface area contributed by atoms with Crippen molar-refractivity contribution in [3.8, 4) is 0 Å². The SMILES string of the molecule is CC(C)N1C(=O)[C@@]2(Cc3cc([N+](=O)[O-])ccc3N3CCCC[C@@H]32)C(=O)NC1=S. The second kappa shape index (κ2) is 6.51. The maximum Gasteiger partial charge on any atom is 0.269 e. The van der Waals surface area contributed by atoms with Gasteiger partial charge in [-0.15, -0.1) is 0 Å². The molecule has 2 saturated heterocycles. The molecular formula is C19H22N4O4S. The molecule has 0 aliphatic carbocycles. The van der Waals surface area contributed by atoms with E-state index < -0.39 is 16.2 Å². The number of anilines is 1. The van der Waals surface area contributed by atoms with Crippen LogP contribution in [-0.2, 0) is 16.0 Å². The number of nitrogens with one attached hydrogen (secondary N) is 1. The molecule has 0 radical (unpaired) electrons. The van der Waals surface area contributed by atoms with E-state index in [4.69, 9.17) is 12.2 Å². The molecule has 3 heterocycles. The Bertz CT molecular complexity index is 902. The lowest BCUT2D eigenvalue weighted by atomic mass is 9.66. The largest absolute Gasteiger partial charge is 0.367 e. The number of nitrogens with zero attached hydrogens (tertiary/aromatic N) is 3. The first-order valence-electron chi connectivity index (χ1n) is 9.50. The zero-order chi connectivity index (χ0) is 20.2. The summed E-state index contributed by atoms with van der Waals surface area (Å²) < 4.78 is 0. The first-order chi connectivity index (χ1) is 13.3. The van der Waals surface area contributed by atoms with Crippen molar-refractivity contribution in [1.82, 2.24) is 10.2 Å². The number of fused-ring (bicyclic) bond motifs is 4. The van der Waals surface area contributed by atoms with Crippen molar-refractivity contribution >= 4 is 40.5 Å². The molecule has 1 aromatic rings. The van der Waals surface area contributed by atoms with Crippen LogP contribution in [0.5, 0.6) is 0 Å². The molecule has 28 heavy (non-hydrogen) atoms.